The highest BCUT2D eigenvalue weighted by Crippen LogP contribution is 2.06. The van der Waals surface area contributed by atoms with Crippen molar-refractivity contribution in [1.29, 1.82) is 0 Å². The fourth-order valence-corrected chi connectivity index (χ4v) is 1.75. The molecule has 0 atom stereocenters. The summed E-state index contributed by atoms with van der Waals surface area (Å²) in [5, 5.41) is 2.34. The minimum Gasteiger partial charge on any atom is -0.376 e. The van der Waals surface area contributed by atoms with E-state index in [0.717, 1.165) is 5.56 Å². The highest BCUT2D eigenvalue weighted by Gasteiger charge is 2.07. The predicted molar refractivity (Wildman–Crippen MR) is 80.3 cm³/mol. The standard InChI is InChI=1S/C16H18N2O3/c1-17-16(21)15(12-20)8-14(11-19)10-18(2)9-13-6-4-3-5-7-13/h3-8,10-12H,9H2,1-2H3,(H,17,21)/b14-10+,15-8+. The van der Waals surface area contributed by atoms with Crippen LogP contribution in [0.4, 0.5) is 0 Å². The van der Waals surface area contributed by atoms with Crippen LogP contribution in [0.3, 0.4) is 0 Å². The molecule has 1 aromatic carbocycles. The number of hydrogen-bond donors (Lipinski definition) is 1. The van der Waals surface area contributed by atoms with E-state index in [0.29, 0.717) is 19.1 Å². The first-order valence-electron chi connectivity index (χ1n) is 6.40. The van der Waals surface area contributed by atoms with Gasteiger partial charge in [0.25, 0.3) is 5.91 Å². The van der Waals surface area contributed by atoms with E-state index in [1.807, 2.05) is 42.3 Å². The van der Waals surface area contributed by atoms with Crippen molar-refractivity contribution in [2.24, 2.45) is 0 Å². The first kappa shape index (κ1) is 16.4. The number of carbonyl (C=O) groups excluding carboxylic acids is 3. The number of nitrogens with one attached hydrogen (secondary N) is 1. The van der Waals surface area contributed by atoms with Crippen LogP contribution in [-0.4, -0.2) is 37.5 Å². The summed E-state index contributed by atoms with van der Waals surface area (Å²) >= 11 is 0. The Morgan fingerprint density at radius 3 is 2.38 bits per heavy atom. The summed E-state index contributed by atoms with van der Waals surface area (Å²) in [6.45, 7) is 0.614. The topological polar surface area (TPSA) is 66.5 Å². The van der Waals surface area contributed by atoms with Crippen LogP contribution < -0.4 is 5.32 Å². The average molecular weight is 286 g/mol. The van der Waals surface area contributed by atoms with Crippen molar-refractivity contribution in [3.8, 4) is 0 Å². The van der Waals surface area contributed by atoms with E-state index in [2.05, 4.69) is 5.32 Å². The van der Waals surface area contributed by atoms with Crippen molar-refractivity contribution in [3.05, 3.63) is 59.3 Å². The van der Waals surface area contributed by atoms with Crippen molar-refractivity contribution >= 4 is 18.5 Å². The summed E-state index contributed by atoms with van der Waals surface area (Å²) in [4.78, 5) is 35.1. The summed E-state index contributed by atoms with van der Waals surface area (Å²) in [7, 11) is 3.23. The SMILES string of the molecule is CNC(=O)/C(C=O)=C/C(C=O)=C\N(C)Cc1ccccc1. The molecule has 0 saturated carbocycles. The lowest BCUT2D eigenvalue weighted by molar-refractivity contribution is -0.118. The summed E-state index contributed by atoms with van der Waals surface area (Å²) in [6, 6.07) is 9.75. The third-order valence-electron chi connectivity index (χ3n) is 2.72. The number of amides is 1. The molecule has 0 aromatic heterocycles. The van der Waals surface area contributed by atoms with Gasteiger partial charge in [-0.3, -0.25) is 14.4 Å². The summed E-state index contributed by atoms with van der Waals surface area (Å²) in [5.41, 5.74) is 1.25. The molecule has 0 heterocycles. The maximum Gasteiger partial charge on any atom is 0.254 e. The molecule has 110 valence electrons. The number of likely N-dealkylation sites (N-methyl/N-ethyl adjacent to an activating group) is 1. The third kappa shape index (κ3) is 5.44. The van der Waals surface area contributed by atoms with E-state index in [9.17, 15) is 14.4 Å². The molecule has 0 unspecified atom stereocenters. The van der Waals surface area contributed by atoms with E-state index in [1.165, 1.54) is 13.1 Å². The van der Waals surface area contributed by atoms with E-state index in [4.69, 9.17) is 0 Å². The predicted octanol–water partition coefficient (Wildman–Crippen LogP) is 1.07. The highest BCUT2D eigenvalue weighted by molar-refractivity contribution is 6.11. The van der Waals surface area contributed by atoms with Crippen LogP contribution in [0.25, 0.3) is 0 Å². The van der Waals surface area contributed by atoms with E-state index < -0.39 is 5.91 Å². The monoisotopic (exact) mass is 286 g/mol. The maximum absolute atomic E-state index is 11.4. The fourth-order valence-electron chi connectivity index (χ4n) is 1.75. The van der Waals surface area contributed by atoms with Gasteiger partial charge in [-0.25, -0.2) is 0 Å². The second-order valence-corrected chi connectivity index (χ2v) is 4.44. The molecule has 1 amide bonds. The molecular formula is C16H18N2O3. The molecule has 0 radical (unpaired) electrons. The van der Waals surface area contributed by atoms with Crippen molar-refractivity contribution in [2.75, 3.05) is 14.1 Å². The third-order valence-corrected chi connectivity index (χ3v) is 2.72. The molecule has 0 aliphatic carbocycles. The van der Waals surface area contributed by atoms with Crippen molar-refractivity contribution < 1.29 is 14.4 Å². The number of aldehydes is 2. The summed E-state index contributed by atoms with van der Waals surface area (Å²) in [5.74, 6) is -0.525. The van der Waals surface area contributed by atoms with E-state index in [1.54, 1.807) is 6.20 Å². The second kappa shape index (κ2) is 8.47. The number of allylic oxidation sites excluding steroid dienone is 2. The Balaban J connectivity index is 2.87. The zero-order chi connectivity index (χ0) is 15.7. The van der Waals surface area contributed by atoms with Gasteiger partial charge in [0.2, 0.25) is 0 Å². The zero-order valence-corrected chi connectivity index (χ0v) is 12.1. The Bertz CT molecular complexity index is 562. The first-order valence-corrected chi connectivity index (χ1v) is 6.40. The van der Waals surface area contributed by atoms with Crippen LogP contribution >= 0.6 is 0 Å². The molecule has 1 rings (SSSR count). The number of hydrogen-bond acceptors (Lipinski definition) is 4. The Labute approximate surface area is 123 Å². The van der Waals surface area contributed by atoms with Gasteiger partial charge < -0.3 is 10.2 Å². The highest BCUT2D eigenvalue weighted by atomic mass is 16.2. The van der Waals surface area contributed by atoms with Gasteiger partial charge in [-0.05, 0) is 11.6 Å². The average Bonchev–Trinajstić information content (AvgIpc) is 2.51. The lowest BCUT2D eigenvalue weighted by Gasteiger charge is -2.14. The van der Waals surface area contributed by atoms with Gasteiger partial charge in [0.15, 0.2) is 12.6 Å². The van der Waals surface area contributed by atoms with Crippen molar-refractivity contribution in [1.82, 2.24) is 10.2 Å². The number of carbonyl (C=O) groups is 3. The van der Waals surface area contributed by atoms with Gasteiger partial charge in [0.1, 0.15) is 0 Å². The van der Waals surface area contributed by atoms with E-state index in [-0.39, 0.29) is 11.1 Å². The molecule has 0 fully saturated rings. The Kier molecular flexibility index (Phi) is 6.60. The zero-order valence-electron chi connectivity index (χ0n) is 12.1. The van der Waals surface area contributed by atoms with Gasteiger partial charge in [-0.2, -0.15) is 0 Å². The van der Waals surface area contributed by atoms with Gasteiger partial charge in [0, 0.05) is 32.4 Å². The molecule has 0 bridgehead atoms. The summed E-state index contributed by atoms with van der Waals surface area (Å²) in [6.07, 6.45) is 3.88. The fraction of sp³-hybridized carbons (Fsp3) is 0.188. The maximum atomic E-state index is 11.4. The Morgan fingerprint density at radius 1 is 1.19 bits per heavy atom. The lowest BCUT2D eigenvalue weighted by atomic mass is 10.1. The second-order valence-electron chi connectivity index (χ2n) is 4.44. The normalized spacial score (nSPS) is 11.7. The quantitative estimate of drug-likeness (QED) is 0.268. The first-order chi connectivity index (χ1) is 10.1. The molecule has 1 aromatic rings. The Hall–Kier alpha value is -2.69. The smallest absolute Gasteiger partial charge is 0.254 e. The van der Waals surface area contributed by atoms with Gasteiger partial charge in [-0.1, -0.05) is 30.3 Å². The minimum atomic E-state index is -0.525. The van der Waals surface area contributed by atoms with Gasteiger partial charge in [-0.15, -0.1) is 0 Å². The van der Waals surface area contributed by atoms with Crippen LogP contribution in [0, 0.1) is 0 Å². The molecule has 0 aliphatic rings. The van der Waals surface area contributed by atoms with E-state index >= 15 is 0 Å². The van der Waals surface area contributed by atoms with Crippen LogP contribution in [0.2, 0.25) is 0 Å². The molecule has 5 nitrogen and oxygen atoms in total. The molecule has 0 spiro atoms. The van der Waals surface area contributed by atoms with Crippen LogP contribution in [-0.2, 0) is 20.9 Å². The van der Waals surface area contributed by atoms with Gasteiger partial charge >= 0.3 is 0 Å². The number of nitrogens with zero attached hydrogens (tertiary/aromatic N) is 1. The molecule has 21 heavy (non-hydrogen) atoms. The molecule has 0 saturated heterocycles. The largest absolute Gasteiger partial charge is 0.376 e. The molecule has 1 N–H and O–H groups in total. The Morgan fingerprint density at radius 2 is 1.86 bits per heavy atom. The van der Waals surface area contributed by atoms with Crippen LogP contribution in [0.5, 0.6) is 0 Å². The lowest BCUT2D eigenvalue weighted by Crippen LogP contribution is -2.21. The van der Waals surface area contributed by atoms with Crippen LogP contribution in [0.15, 0.2) is 53.8 Å². The van der Waals surface area contributed by atoms with Gasteiger partial charge in [0.05, 0.1) is 5.57 Å². The van der Waals surface area contributed by atoms with Crippen molar-refractivity contribution in [3.63, 3.8) is 0 Å². The molecule has 0 aliphatic heterocycles. The molecular weight excluding hydrogens is 268 g/mol. The number of benzene rings is 1. The van der Waals surface area contributed by atoms with Crippen molar-refractivity contribution in [2.45, 2.75) is 6.54 Å². The van der Waals surface area contributed by atoms with Crippen LogP contribution in [0.1, 0.15) is 5.56 Å². The molecule has 5 heteroatoms. The summed E-state index contributed by atoms with van der Waals surface area (Å²) < 4.78 is 0. The minimum absolute atomic E-state index is 0.0936. The number of rotatable bonds is 7.